The highest BCUT2D eigenvalue weighted by molar-refractivity contribution is 7.22. The molecular weight excluding hydrogens is 999 g/mol. The zero-order chi connectivity index (χ0) is 53.6. The largest absolute Gasteiger partial charge is 0.208 e. The number of benzene rings is 12. The lowest BCUT2D eigenvalue weighted by molar-refractivity contribution is 1.07. The summed E-state index contributed by atoms with van der Waals surface area (Å²) in [5.74, 6) is 1.80. The van der Waals surface area contributed by atoms with E-state index in [-0.39, 0.29) is 0 Å². The van der Waals surface area contributed by atoms with Crippen molar-refractivity contribution in [2.45, 2.75) is 0 Å². The molecule has 0 unspecified atom stereocenters. The van der Waals surface area contributed by atoms with Crippen LogP contribution in [0.5, 0.6) is 0 Å². The van der Waals surface area contributed by atoms with Crippen LogP contribution < -0.4 is 41.5 Å². The molecule has 0 saturated heterocycles. The third kappa shape index (κ3) is 9.45. The molecule has 0 fully saturated rings. The maximum absolute atomic E-state index is 5.66. The van der Waals surface area contributed by atoms with E-state index in [1.165, 1.54) is 52.6 Å². The lowest BCUT2D eigenvalue weighted by atomic mass is 10.0. The maximum Gasteiger partial charge on any atom is 0.179 e. The molecule has 0 aliphatic heterocycles. The molecule has 13 aromatic rings. The Bertz CT molecular complexity index is 3970. The summed E-state index contributed by atoms with van der Waals surface area (Å²) in [6.45, 7) is 0. The van der Waals surface area contributed by atoms with E-state index in [1.807, 2.05) is 0 Å². The fourth-order valence-corrected chi connectivity index (χ4v) is 21.7. The van der Waals surface area contributed by atoms with Crippen molar-refractivity contribution in [3.63, 3.8) is 0 Å². The van der Waals surface area contributed by atoms with Gasteiger partial charge < -0.3 is 0 Å². The molecule has 0 aliphatic rings. The molecule has 1 aromatic heterocycles. The molecule has 13 rings (SSSR count). The van der Waals surface area contributed by atoms with Crippen LogP contribution >= 0.6 is 0 Å². The zero-order valence-corrected chi connectivity index (χ0v) is 46.1. The first-order valence-electron chi connectivity index (χ1n) is 27.3. The summed E-state index contributed by atoms with van der Waals surface area (Å²) in [5.41, 5.74) is 9.51. The van der Waals surface area contributed by atoms with Crippen LogP contribution in [0.1, 0.15) is 0 Å². The summed E-state index contributed by atoms with van der Waals surface area (Å²) in [7, 11) is -6.57. The van der Waals surface area contributed by atoms with Crippen LogP contribution in [0.25, 0.3) is 67.5 Å². The molecule has 0 bridgehead atoms. The lowest BCUT2D eigenvalue weighted by Gasteiger charge is -2.38. The van der Waals surface area contributed by atoms with Crippen LogP contribution in [0, 0.1) is 0 Å². The minimum absolute atomic E-state index is 0.600. The molecule has 0 saturated carbocycles. The minimum Gasteiger partial charge on any atom is -0.208 e. The van der Waals surface area contributed by atoms with Crippen molar-refractivity contribution in [2.75, 3.05) is 0 Å². The van der Waals surface area contributed by atoms with Gasteiger partial charge in [-0.15, -0.1) is 0 Å². The van der Waals surface area contributed by atoms with E-state index in [1.54, 1.807) is 0 Å². The van der Waals surface area contributed by atoms with Gasteiger partial charge in [0.1, 0.15) is 0 Å². The van der Waals surface area contributed by atoms with Crippen LogP contribution in [0.3, 0.4) is 0 Å². The average molecular weight is 1050 g/mol. The van der Waals surface area contributed by atoms with Crippen molar-refractivity contribution in [3.8, 4) is 67.5 Å². The Labute approximate surface area is 471 Å². The van der Waals surface area contributed by atoms with Gasteiger partial charge in [0.05, 0.1) is 0 Å². The standard InChI is InChI=1S/C75H55N3Si2/c1-9-28-56(29-10-1)59-34-25-37-62(50-59)73-76-74(63-38-26-35-60(51-63)57-30-11-2-12-31-57)78-75(77-73)64-53-71(79(65-39-15-4-16-40-65,66-41-17-5-18-42-66)67-43-19-6-20-44-67)55-72(54-64)80(68-45-21-7-22-46-68,69-47-23-8-24-48-69)70-49-27-36-61(52-70)58-32-13-3-14-33-58/h1-55H. The van der Waals surface area contributed by atoms with E-state index < -0.39 is 16.1 Å². The third-order valence-electron chi connectivity index (χ3n) is 15.6. The van der Waals surface area contributed by atoms with Crippen molar-refractivity contribution < 1.29 is 0 Å². The first-order valence-corrected chi connectivity index (χ1v) is 31.3. The number of rotatable bonds is 14. The Morgan fingerprint density at radius 3 is 0.713 bits per heavy atom. The van der Waals surface area contributed by atoms with Gasteiger partial charge in [-0.2, -0.15) is 0 Å². The van der Waals surface area contributed by atoms with Crippen LogP contribution in [-0.4, -0.2) is 31.1 Å². The number of hydrogen-bond acceptors (Lipinski definition) is 3. The summed E-state index contributed by atoms with van der Waals surface area (Å²) >= 11 is 0. The minimum atomic E-state index is -3.34. The summed E-state index contributed by atoms with van der Waals surface area (Å²) < 4.78 is 0. The van der Waals surface area contributed by atoms with Gasteiger partial charge in [0.25, 0.3) is 0 Å². The number of hydrogen-bond donors (Lipinski definition) is 0. The maximum atomic E-state index is 5.66. The molecular formula is C75H55N3Si2. The number of nitrogens with zero attached hydrogens (tertiary/aromatic N) is 3. The van der Waals surface area contributed by atoms with E-state index in [0.717, 1.165) is 38.9 Å². The van der Waals surface area contributed by atoms with Gasteiger partial charge in [-0.1, -0.05) is 322 Å². The molecule has 3 nitrogen and oxygen atoms in total. The van der Waals surface area contributed by atoms with E-state index in [9.17, 15) is 0 Å². The van der Waals surface area contributed by atoms with Gasteiger partial charge in [-0.3, -0.25) is 0 Å². The molecule has 0 radical (unpaired) electrons. The molecule has 0 amide bonds. The van der Waals surface area contributed by atoms with Crippen molar-refractivity contribution in [3.05, 3.63) is 334 Å². The first-order chi connectivity index (χ1) is 39.6. The molecule has 80 heavy (non-hydrogen) atoms. The van der Waals surface area contributed by atoms with Crippen molar-refractivity contribution in [1.29, 1.82) is 0 Å². The van der Waals surface area contributed by atoms with E-state index in [4.69, 9.17) is 15.0 Å². The van der Waals surface area contributed by atoms with Crippen molar-refractivity contribution in [2.24, 2.45) is 0 Å². The molecule has 12 aromatic carbocycles. The molecule has 0 spiro atoms. The lowest BCUT2D eigenvalue weighted by Crippen LogP contribution is -2.78. The summed E-state index contributed by atoms with van der Waals surface area (Å²) in [4.78, 5) is 16.8. The molecule has 1 heterocycles. The molecule has 0 aliphatic carbocycles. The van der Waals surface area contributed by atoms with Gasteiger partial charge in [-0.05, 0) is 87.0 Å². The average Bonchev–Trinajstić information content (AvgIpc) is 3.61. The second-order valence-corrected chi connectivity index (χ2v) is 27.9. The third-order valence-corrected chi connectivity index (χ3v) is 25.1. The Morgan fingerprint density at radius 2 is 0.375 bits per heavy atom. The van der Waals surface area contributed by atoms with Gasteiger partial charge in [0, 0.05) is 16.7 Å². The van der Waals surface area contributed by atoms with E-state index >= 15 is 0 Å². The highest BCUT2D eigenvalue weighted by atomic mass is 28.3. The van der Waals surface area contributed by atoms with Crippen LogP contribution in [0.4, 0.5) is 0 Å². The fraction of sp³-hybridized carbons (Fsp3) is 0. The monoisotopic (exact) mass is 1050 g/mol. The Kier molecular flexibility index (Phi) is 13.8. The zero-order valence-electron chi connectivity index (χ0n) is 44.1. The van der Waals surface area contributed by atoms with Gasteiger partial charge >= 0.3 is 0 Å². The first kappa shape index (κ1) is 49.6. The van der Waals surface area contributed by atoms with Crippen molar-refractivity contribution in [1.82, 2.24) is 15.0 Å². The van der Waals surface area contributed by atoms with Gasteiger partial charge in [-0.25, -0.2) is 15.0 Å². The smallest absolute Gasteiger partial charge is 0.179 e. The summed E-state index contributed by atoms with van der Waals surface area (Å²) in [5, 5.41) is 10.1. The normalized spacial score (nSPS) is 11.5. The van der Waals surface area contributed by atoms with Crippen LogP contribution in [-0.2, 0) is 0 Å². The van der Waals surface area contributed by atoms with Gasteiger partial charge in [0.15, 0.2) is 33.6 Å². The number of aromatic nitrogens is 3. The topological polar surface area (TPSA) is 38.7 Å². The second-order valence-electron chi connectivity index (χ2n) is 20.3. The van der Waals surface area contributed by atoms with E-state index in [0.29, 0.717) is 17.5 Å². The van der Waals surface area contributed by atoms with Crippen molar-refractivity contribution >= 4 is 57.6 Å². The molecule has 0 atom stereocenters. The predicted molar refractivity (Wildman–Crippen MR) is 340 cm³/mol. The predicted octanol–water partition coefficient (Wildman–Crippen LogP) is 12.6. The summed E-state index contributed by atoms with van der Waals surface area (Å²) in [6.07, 6.45) is 0. The molecule has 0 N–H and O–H groups in total. The highest BCUT2D eigenvalue weighted by Crippen LogP contribution is 2.31. The fourth-order valence-electron chi connectivity index (χ4n) is 11.9. The van der Waals surface area contributed by atoms with Crippen LogP contribution in [0.15, 0.2) is 334 Å². The van der Waals surface area contributed by atoms with Gasteiger partial charge in [0.2, 0.25) is 0 Å². The Morgan fingerprint density at radius 1 is 0.150 bits per heavy atom. The Hall–Kier alpha value is -9.92. The molecule has 378 valence electrons. The SMILES string of the molecule is c1ccc(-c2cccc(-c3nc(-c4cccc(-c5ccccc5)c4)nc(-c4cc([Si](c5ccccc5)(c5ccccc5)c5ccccc5)cc([Si](c5ccccc5)(c5ccccc5)c5cccc(-c6ccccc6)c5)c4)n3)c2)cc1. The Balaban J connectivity index is 1.17. The van der Waals surface area contributed by atoms with E-state index in [2.05, 4.69) is 334 Å². The quantitative estimate of drug-likeness (QED) is 0.0805. The van der Waals surface area contributed by atoms with Crippen LogP contribution in [0.2, 0.25) is 0 Å². The highest BCUT2D eigenvalue weighted by Gasteiger charge is 2.46. The second kappa shape index (κ2) is 22.2. The molecule has 5 heteroatoms. The summed E-state index contributed by atoms with van der Waals surface area (Å²) in [6, 6.07) is 122.